The Morgan fingerprint density at radius 1 is 0.783 bits per heavy atom. The zero-order valence-corrected chi connectivity index (χ0v) is 12.8. The highest BCUT2D eigenvalue weighted by molar-refractivity contribution is 6.33. The summed E-state index contributed by atoms with van der Waals surface area (Å²) < 4.78 is 0. The van der Waals surface area contributed by atoms with Gasteiger partial charge >= 0.3 is 0 Å². The topological polar surface area (TPSA) is 30.0 Å². The minimum absolute atomic E-state index is 0.0361. The van der Waals surface area contributed by atoms with E-state index in [0.29, 0.717) is 5.39 Å². The molecule has 0 unspecified atom stereocenters. The molecule has 1 aromatic heterocycles. The van der Waals surface area contributed by atoms with Crippen molar-refractivity contribution in [3.05, 3.63) is 83.2 Å². The fourth-order valence-corrected chi connectivity index (χ4v) is 2.90. The summed E-state index contributed by atoms with van der Waals surface area (Å²) in [6.07, 6.45) is 1.83. The molecule has 23 heavy (non-hydrogen) atoms. The Labute approximate surface area is 134 Å². The van der Waals surface area contributed by atoms with E-state index in [0.717, 1.165) is 32.9 Å². The minimum Gasteiger partial charge on any atom is -0.289 e. The fraction of sp³-hybridized carbons (Fsp3) is 0. The molecule has 0 saturated carbocycles. The molecule has 0 fully saturated rings. The van der Waals surface area contributed by atoms with Crippen LogP contribution in [-0.4, -0.2) is 12.8 Å². The molecule has 1 heterocycles. The molecule has 3 heteroatoms. The predicted molar refractivity (Wildman–Crippen MR) is 99.1 cm³/mol. The van der Waals surface area contributed by atoms with E-state index in [9.17, 15) is 4.79 Å². The monoisotopic (exact) mass is 295 g/mol. The van der Waals surface area contributed by atoms with Gasteiger partial charge in [0.05, 0.1) is 5.52 Å². The van der Waals surface area contributed by atoms with Crippen LogP contribution in [0.4, 0.5) is 0 Å². The number of pyridine rings is 1. The first-order valence-corrected chi connectivity index (χ1v) is 7.61. The summed E-state index contributed by atoms with van der Waals surface area (Å²) >= 11 is 0. The molecule has 4 aromatic rings. The largest absolute Gasteiger partial charge is 0.289 e. The Balaban J connectivity index is 2.10. The number of aromatic nitrogens is 1. The molecule has 0 aliphatic heterocycles. The van der Waals surface area contributed by atoms with Gasteiger partial charge in [0, 0.05) is 22.5 Å². The van der Waals surface area contributed by atoms with Crippen LogP contribution in [0.2, 0.25) is 0 Å². The van der Waals surface area contributed by atoms with E-state index in [2.05, 4.69) is 4.98 Å². The van der Waals surface area contributed by atoms with Crippen LogP contribution >= 0.6 is 0 Å². The van der Waals surface area contributed by atoms with Crippen LogP contribution in [0.5, 0.6) is 0 Å². The average Bonchev–Trinajstić information content (AvgIpc) is 2.73. The van der Waals surface area contributed by atoms with Crippen LogP contribution in [0.3, 0.4) is 0 Å². The minimum atomic E-state index is 0.0361. The van der Waals surface area contributed by atoms with Gasteiger partial charge in [-0.3, -0.25) is 9.78 Å². The van der Waals surface area contributed by atoms with Crippen molar-refractivity contribution in [2.75, 3.05) is 0 Å². The van der Waals surface area contributed by atoms with Crippen LogP contribution in [0.25, 0.3) is 32.8 Å². The van der Waals surface area contributed by atoms with Crippen LogP contribution in [0.1, 0.15) is 0 Å². The Kier molecular flexibility index (Phi) is 3.20. The summed E-state index contributed by atoms with van der Waals surface area (Å²) in [5.74, 6) is 0. The molecule has 0 N–H and O–H groups in total. The first kappa shape index (κ1) is 13.7. The van der Waals surface area contributed by atoms with E-state index >= 15 is 0 Å². The molecule has 0 amide bonds. The van der Waals surface area contributed by atoms with E-state index in [-0.39, 0.29) is 5.43 Å². The number of fused-ring (bicyclic) bond motifs is 2. The average molecular weight is 295 g/mol. The Morgan fingerprint density at radius 3 is 2.39 bits per heavy atom. The van der Waals surface area contributed by atoms with Gasteiger partial charge in [0.1, 0.15) is 7.85 Å². The Bertz CT molecular complexity index is 1090. The molecular weight excluding hydrogens is 281 g/mol. The van der Waals surface area contributed by atoms with Gasteiger partial charge in [0.2, 0.25) is 0 Å². The molecule has 4 rings (SSSR count). The number of hydrogen-bond acceptors (Lipinski definition) is 2. The molecule has 0 aliphatic rings. The highest BCUT2D eigenvalue weighted by Gasteiger charge is 2.06. The second-order valence-electron chi connectivity index (χ2n) is 5.78. The van der Waals surface area contributed by atoms with Gasteiger partial charge in [-0.25, -0.2) is 0 Å². The van der Waals surface area contributed by atoms with Crippen LogP contribution in [-0.2, 0) is 0 Å². The first-order valence-electron chi connectivity index (χ1n) is 7.61. The smallest absolute Gasteiger partial charge is 0.195 e. The first-order chi connectivity index (χ1) is 11.2. The van der Waals surface area contributed by atoms with Gasteiger partial charge < -0.3 is 0 Å². The summed E-state index contributed by atoms with van der Waals surface area (Å²) in [7, 11) is 2.00. The van der Waals surface area contributed by atoms with Crippen LogP contribution in [0, 0.1) is 0 Å². The van der Waals surface area contributed by atoms with Gasteiger partial charge in [-0.15, -0.1) is 0 Å². The second kappa shape index (κ2) is 5.36. The molecule has 0 saturated heterocycles. The van der Waals surface area contributed by atoms with Crippen molar-refractivity contribution in [3.63, 3.8) is 0 Å². The molecule has 0 aliphatic carbocycles. The lowest BCUT2D eigenvalue weighted by Gasteiger charge is -2.01. The third-order valence-corrected chi connectivity index (χ3v) is 4.14. The maximum Gasteiger partial charge on any atom is 0.195 e. The normalized spacial score (nSPS) is 11.0. The fourth-order valence-electron chi connectivity index (χ4n) is 2.90. The van der Waals surface area contributed by atoms with Crippen molar-refractivity contribution >= 4 is 35.0 Å². The van der Waals surface area contributed by atoms with Gasteiger partial charge in [-0.1, -0.05) is 60.1 Å². The summed E-state index contributed by atoms with van der Waals surface area (Å²) in [4.78, 5) is 17.5. The summed E-state index contributed by atoms with van der Waals surface area (Å²) in [6, 6.07) is 21.8. The molecular formula is C20H14BNO. The zero-order chi connectivity index (χ0) is 15.8. The highest BCUT2D eigenvalue weighted by Crippen LogP contribution is 2.21. The predicted octanol–water partition coefficient (Wildman–Crippen LogP) is 2.67. The summed E-state index contributed by atoms with van der Waals surface area (Å²) in [5, 5.41) is 2.35. The van der Waals surface area contributed by atoms with E-state index in [1.54, 1.807) is 0 Å². The van der Waals surface area contributed by atoms with Gasteiger partial charge in [-0.2, -0.15) is 0 Å². The van der Waals surface area contributed by atoms with Crippen molar-refractivity contribution in [1.29, 1.82) is 0 Å². The maximum absolute atomic E-state index is 13.0. The number of hydrogen-bond donors (Lipinski definition) is 0. The van der Waals surface area contributed by atoms with E-state index in [1.165, 1.54) is 0 Å². The molecule has 2 nitrogen and oxygen atoms in total. The third kappa shape index (κ3) is 2.40. The number of benzene rings is 2. The van der Waals surface area contributed by atoms with Crippen molar-refractivity contribution < 1.29 is 0 Å². The van der Waals surface area contributed by atoms with Crippen LogP contribution < -0.4 is 10.9 Å². The Hall–Kier alpha value is -2.94. The van der Waals surface area contributed by atoms with Crippen LogP contribution in [0.15, 0.2) is 77.7 Å². The van der Waals surface area contributed by atoms with Crippen molar-refractivity contribution in [1.82, 2.24) is 4.98 Å². The number of nitrogens with zero attached hydrogens (tertiary/aromatic N) is 1. The molecule has 0 radical (unpaired) electrons. The summed E-state index contributed by atoms with van der Waals surface area (Å²) in [6.45, 7) is 0. The standard InChI is InChI=1S/C20H14BNO/c21-16-8-6-14-7-9-19-18(20(23)17(14)11-16)10-15(12-22-19)13-4-2-1-3-5-13/h1-12H,21H2. The van der Waals surface area contributed by atoms with Crippen molar-refractivity contribution in [2.45, 2.75) is 0 Å². The molecule has 108 valence electrons. The molecule has 3 aromatic carbocycles. The third-order valence-electron chi connectivity index (χ3n) is 4.14. The van der Waals surface area contributed by atoms with Gasteiger partial charge in [0.15, 0.2) is 5.43 Å². The van der Waals surface area contributed by atoms with Gasteiger partial charge in [0.25, 0.3) is 0 Å². The van der Waals surface area contributed by atoms with Crippen molar-refractivity contribution in [2.24, 2.45) is 0 Å². The summed E-state index contributed by atoms with van der Waals surface area (Å²) in [5.41, 5.74) is 3.87. The molecule has 0 bridgehead atoms. The lowest BCUT2D eigenvalue weighted by Crippen LogP contribution is -2.06. The number of rotatable bonds is 1. The maximum atomic E-state index is 13.0. The van der Waals surface area contributed by atoms with E-state index < -0.39 is 0 Å². The van der Waals surface area contributed by atoms with E-state index in [4.69, 9.17) is 0 Å². The Morgan fingerprint density at radius 2 is 1.57 bits per heavy atom. The lowest BCUT2D eigenvalue weighted by atomic mass is 9.94. The SMILES string of the molecule is Bc1ccc2ccc3ncc(-c4ccccc4)cc3c(=O)c2c1. The molecule has 0 spiro atoms. The molecule has 0 atom stereocenters. The zero-order valence-electron chi connectivity index (χ0n) is 12.8. The quantitative estimate of drug-likeness (QED) is 0.505. The van der Waals surface area contributed by atoms with E-state index in [1.807, 2.05) is 80.8 Å². The lowest BCUT2D eigenvalue weighted by molar-refractivity contribution is 1.41. The highest BCUT2D eigenvalue weighted by atomic mass is 16.1. The second-order valence-corrected chi connectivity index (χ2v) is 5.78. The van der Waals surface area contributed by atoms with Crippen molar-refractivity contribution in [3.8, 4) is 11.1 Å². The van der Waals surface area contributed by atoms with Gasteiger partial charge in [-0.05, 0) is 23.1 Å².